The first kappa shape index (κ1) is 16.5. The molecule has 1 aromatic rings. The lowest BCUT2D eigenvalue weighted by Crippen LogP contribution is -2.42. The summed E-state index contributed by atoms with van der Waals surface area (Å²) < 4.78 is 0. The number of piperidine rings is 1. The first-order chi connectivity index (χ1) is 10.1. The van der Waals surface area contributed by atoms with E-state index in [0.29, 0.717) is 12.5 Å². The minimum Gasteiger partial charge on any atom is -0.370 e. The Morgan fingerprint density at radius 1 is 1.52 bits per heavy atom. The summed E-state index contributed by atoms with van der Waals surface area (Å²) in [5.74, 6) is 0.599. The predicted octanol–water partition coefficient (Wildman–Crippen LogP) is 2.37. The number of thiophene rings is 1. The van der Waals surface area contributed by atoms with E-state index in [2.05, 4.69) is 34.7 Å². The summed E-state index contributed by atoms with van der Waals surface area (Å²) >= 11 is 1.82. The van der Waals surface area contributed by atoms with E-state index in [4.69, 9.17) is 5.73 Å². The predicted molar refractivity (Wildman–Crippen MR) is 88.3 cm³/mol. The van der Waals surface area contributed by atoms with E-state index >= 15 is 0 Å². The Labute approximate surface area is 131 Å². The van der Waals surface area contributed by atoms with Crippen molar-refractivity contribution in [3.05, 3.63) is 22.4 Å². The fourth-order valence-electron chi connectivity index (χ4n) is 2.92. The van der Waals surface area contributed by atoms with Gasteiger partial charge in [-0.2, -0.15) is 0 Å². The van der Waals surface area contributed by atoms with Crippen molar-refractivity contribution >= 4 is 17.2 Å². The molecule has 0 aliphatic carbocycles. The molecule has 2 heterocycles. The summed E-state index contributed by atoms with van der Waals surface area (Å²) in [5, 5.41) is 5.62. The van der Waals surface area contributed by atoms with E-state index < -0.39 is 0 Å². The molecule has 0 saturated carbocycles. The van der Waals surface area contributed by atoms with Crippen LogP contribution in [0.4, 0.5) is 0 Å². The second-order valence-electron chi connectivity index (χ2n) is 6.23. The van der Waals surface area contributed by atoms with E-state index in [0.717, 1.165) is 25.6 Å². The minimum absolute atomic E-state index is 0.133. The van der Waals surface area contributed by atoms with Gasteiger partial charge in [0.2, 0.25) is 5.91 Å². The monoisotopic (exact) mass is 309 g/mol. The van der Waals surface area contributed by atoms with Crippen LogP contribution in [0.1, 0.15) is 44.0 Å². The second-order valence-corrected chi connectivity index (χ2v) is 7.21. The molecule has 118 valence electrons. The summed E-state index contributed by atoms with van der Waals surface area (Å²) in [6, 6.07) is 4.88. The lowest BCUT2D eigenvalue weighted by molar-refractivity contribution is -0.118. The quantitative estimate of drug-likeness (QED) is 0.813. The molecule has 4 nitrogen and oxygen atoms in total. The molecule has 0 aromatic carbocycles. The Balaban J connectivity index is 1.95. The first-order valence-corrected chi connectivity index (χ1v) is 8.73. The largest absolute Gasteiger partial charge is 0.370 e. The van der Waals surface area contributed by atoms with Crippen molar-refractivity contribution < 1.29 is 4.79 Å². The molecule has 3 N–H and O–H groups in total. The molecule has 1 fully saturated rings. The van der Waals surface area contributed by atoms with Crippen LogP contribution < -0.4 is 11.1 Å². The van der Waals surface area contributed by atoms with Gasteiger partial charge < -0.3 is 11.1 Å². The Morgan fingerprint density at radius 3 is 2.81 bits per heavy atom. The molecule has 0 spiro atoms. The molecular weight excluding hydrogens is 282 g/mol. The van der Waals surface area contributed by atoms with Crippen LogP contribution in [0.2, 0.25) is 0 Å². The smallest absolute Gasteiger partial charge is 0.218 e. The maximum Gasteiger partial charge on any atom is 0.218 e. The fourth-order valence-corrected chi connectivity index (χ4v) is 3.78. The molecule has 1 aliphatic rings. The van der Waals surface area contributed by atoms with Crippen LogP contribution in [0, 0.1) is 5.92 Å². The Bertz CT molecular complexity index is 427. The van der Waals surface area contributed by atoms with Crippen LogP contribution >= 0.6 is 11.3 Å². The van der Waals surface area contributed by atoms with Crippen LogP contribution in [-0.4, -0.2) is 36.5 Å². The van der Waals surface area contributed by atoms with Crippen LogP contribution in [0.3, 0.4) is 0 Å². The third-order valence-electron chi connectivity index (χ3n) is 4.30. The zero-order valence-corrected chi connectivity index (χ0v) is 13.9. The number of carbonyl (C=O) groups excluding carboxylic acids is 1. The zero-order valence-electron chi connectivity index (χ0n) is 13.0. The van der Waals surface area contributed by atoms with Gasteiger partial charge in [0, 0.05) is 23.9 Å². The molecule has 21 heavy (non-hydrogen) atoms. The number of nitrogens with zero attached hydrogens (tertiary/aromatic N) is 1. The Kier molecular flexibility index (Phi) is 6.21. The van der Waals surface area contributed by atoms with E-state index in [1.807, 2.05) is 18.3 Å². The van der Waals surface area contributed by atoms with Gasteiger partial charge in [-0.15, -0.1) is 11.3 Å². The number of hydrogen-bond donors (Lipinski definition) is 2. The molecular formula is C16H27N3OS. The highest BCUT2D eigenvalue weighted by molar-refractivity contribution is 7.10. The number of hydrogen-bond acceptors (Lipinski definition) is 4. The van der Waals surface area contributed by atoms with Crippen molar-refractivity contribution in [1.82, 2.24) is 10.2 Å². The summed E-state index contributed by atoms with van der Waals surface area (Å²) in [4.78, 5) is 15.0. The molecule has 1 aromatic heterocycles. The lowest BCUT2D eigenvalue weighted by atomic mass is 9.97. The number of nitrogens with two attached hydrogens (primary N) is 1. The third kappa shape index (κ3) is 5.09. The van der Waals surface area contributed by atoms with Gasteiger partial charge in [0.25, 0.3) is 0 Å². The number of nitrogens with one attached hydrogen (secondary N) is 1. The average molecular weight is 309 g/mol. The maximum atomic E-state index is 11.0. The van der Waals surface area contributed by atoms with Gasteiger partial charge in [-0.05, 0) is 50.2 Å². The SMILES string of the molecule is CC1CCN([C@@H](CN[C@@H](C)CC(N)=O)c2cccs2)CC1. The number of rotatable bonds is 7. The number of amides is 1. The van der Waals surface area contributed by atoms with Gasteiger partial charge in [-0.25, -0.2) is 0 Å². The second kappa shape index (κ2) is 7.92. The molecule has 2 rings (SSSR count). The summed E-state index contributed by atoms with van der Waals surface area (Å²) in [5.41, 5.74) is 5.27. The Hall–Kier alpha value is -0.910. The van der Waals surface area contributed by atoms with Gasteiger partial charge in [0.1, 0.15) is 0 Å². The van der Waals surface area contributed by atoms with Gasteiger partial charge in [0.05, 0.1) is 6.04 Å². The number of primary amides is 1. The maximum absolute atomic E-state index is 11.0. The van der Waals surface area contributed by atoms with Gasteiger partial charge in [0.15, 0.2) is 0 Å². The molecule has 2 atom stereocenters. The third-order valence-corrected chi connectivity index (χ3v) is 5.27. The van der Waals surface area contributed by atoms with Crippen LogP contribution in [0.15, 0.2) is 17.5 Å². The molecule has 0 bridgehead atoms. The van der Waals surface area contributed by atoms with Crippen molar-refractivity contribution in [3.8, 4) is 0 Å². The standard InChI is InChI=1S/C16H27N3OS/c1-12-5-7-19(8-6-12)14(15-4-3-9-21-15)11-18-13(2)10-16(17)20/h3-4,9,12-14,18H,5-8,10-11H2,1-2H3,(H2,17,20)/t13-,14-/m0/s1. The highest BCUT2D eigenvalue weighted by atomic mass is 32.1. The summed E-state index contributed by atoms with van der Waals surface area (Å²) in [6.07, 6.45) is 2.95. The number of carbonyl (C=O) groups is 1. The normalized spacial score (nSPS) is 20.3. The van der Waals surface area contributed by atoms with E-state index in [-0.39, 0.29) is 11.9 Å². The molecule has 0 unspecified atom stereocenters. The lowest BCUT2D eigenvalue weighted by Gasteiger charge is -2.37. The zero-order chi connectivity index (χ0) is 15.2. The molecule has 0 radical (unpaired) electrons. The fraction of sp³-hybridized carbons (Fsp3) is 0.688. The van der Waals surface area contributed by atoms with Crippen LogP contribution in [0.25, 0.3) is 0 Å². The van der Waals surface area contributed by atoms with E-state index in [1.54, 1.807) is 0 Å². The van der Waals surface area contributed by atoms with Crippen molar-refractivity contribution in [2.75, 3.05) is 19.6 Å². The molecule has 1 amide bonds. The molecule has 1 aliphatic heterocycles. The topological polar surface area (TPSA) is 58.4 Å². The minimum atomic E-state index is -0.241. The van der Waals surface area contributed by atoms with Gasteiger partial charge >= 0.3 is 0 Å². The van der Waals surface area contributed by atoms with E-state index in [1.165, 1.54) is 17.7 Å². The van der Waals surface area contributed by atoms with Crippen LogP contribution in [-0.2, 0) is 4.79 Å². The average Bonchev–Trinajstić information content (AvgIpc) is 2.94. The van der Waals surface area contributed by atoms with Crippen molar-refractivity contribution in [1.29, 1.82) is 0 Å². The summed E-state index contributed by atoms with van der Waals surface area (Å²) in [7, 11) is 0. The van der Waals surface area contributed by atoms with Crippen molar-refractivity contribution in [2.45, 2.75) is 45.2 Å². The highest BCUT2D eigenvalue weighted by Crippen LogP contribution is 2.29. The van der Waals surface area contributed by atoms with Gasteiger partial charge in [-0.3, -0.25) is 9.69 Å². The highest BCUT2D eigenvalue weighted by Gasteiger charge is 2.25. The van der Waals surface area contributed by atoms with Gasteiger partial charge in [-0.1, -0.05) is 13.0 Å². The van der Waals surface area contributed by atoms with Crippen molar-refractivity contribution in [2.24, 2.45) is 11.7 Å². The first-order valence-electron chi connectivity index (χ1n) is 7.85. The number of likely N-dealkylation sites (tertiary alicyclic amines) is 1. The Morgan fingerprint density at radius 2 is 2.24 bits per heavy atom. The van der Waals surface area contributed by atoms with Crippen molar-refractivity contribution in [3.63, 3.8) is 0 Å². The van der Waals surface area contributed by atoms with E-state index in [9.17, 15) is 4.79 Å². The molecule has 5 heteroatoms. The van der Waals surface area contributed by atoms with Crippen LogP contribution in [0.5, 0.6) is 0 Å². The molecule has 1 saturated heterocycles. The summed E-state index contributed by atoms with van der Waals surface area (Å²) in [6.45, 7) is 7.56.